The summed E-state index contributed by atoms with van der Waals surface area (Å²) in [4.78, 5) is 28.2. The number of carbonyl (C=O) groups excluding carboxylic acids is 2. The highest BCUT2D eigenvalue weighted by Crippen LogP contribution is 2.44. The second kappa shape index (κ2) is 10.5. The third-order valence-electron chi connectivity index (χ3n) is 6.46. The number of aliphatic hydroxyl groups is 1. The summed E-state index contributed by atoms with van der Waals surface area (Å²) in [7, 11) is 0. The van der Waals surface area contributed by atoms with E-state index in [0.717, 1.165) is 11.1 Å². The number of anilines is 1. The number of carbonyl (C=O) groups is 2. The van der Waals surface area contributed by atoms with Gasteiger partial charge in [-0.3, -0.25) is 14.5 Å². The molecule has 0 bridgehead atoms. The maximum Gasteiger partial charge on any atom is 0.301 e. The Morgan fingerprint density at radius 2 is 1.74 bits per heavy atom. The molecule has 1 amide bonds. The van der Waals surface area contributed by atoms with E-state index < -0.39 is 17.7 Å². The van der Waals surface area contributed by atoms with Crippen LogP contribution in [0.3, 0.4) is 0 Å². The van der Waals surface area contributed by atoms with Crippen molar-refractivity contribution in [3.8, 4) is 11.5 Å². The zero-order valence-corrected chi connectivity index (χ0v) is 22.5. The van der Waals surface area contributed by atoms with Crippen molar-refractivity contribution in [3.63, 3.8) is 0 Å². The number of aryl methyl sites for hydroxylation is 1. The third-order valence-corrected chi connectivity index (χ3v) is 8.59. The lowest BCUT2D eigenvalue weighted by molar-refractivity contribution is -0.132. The Morgan fingerprint density at radius 3 is 2.51 bits per heavy atom. The number of aromatic nitrogens is 2. The van der Waals surface area contributed by atoms with E-state index in [1.165, 1.54) is 28.0 Å². The third kappa shape index (κ3) is 4.88. The monoisotopic (exact) mass is 557 g/mol. The number of hydrogen-bond donors (Lipinski definition) is 1. The van der Waals surface area contributed by atoms with Crippen LogP contribution in [-0.4, -0.2) is 40.2 Å². The summed E-state index contributed by atoms with van der Waals surface area (Å²) in [6, 6.07) is 21.5. The molecule has 0 spiro atoms. The van der Waals surface area contributed by atoms with Crippen molar-refractivity contribution >= 4 is 45.7 Å². The molecule has 2 aliphatic rings. The van der Waals surface area contributed by atoms with Gasteiger partial charge in [0, 0.05) is 11.3 Å². The van der Waals surface area contributed by atoms with Crippen molar-refractivity contribution in [1.29, 1.82) is 0 Å². The number of amides is 1. The number of hydrogen-bond acceptors (Lipinski definition) is 9. The van der Waals surface area contributed by atoms with Crippen molar-refractivity contribution in [2.75, 3.05) is 18.1 Å². The molecule has 3 aromatic carbocycles. The van der Waals surface area contributed by atoms with Gasteiger partial charge >= 0.3 is 5.91 Å². The number of Topliss-reactive ketones (excluding diaryl/α,β-unsaturated/α-hetero) is 1. The molecule has 8 nitrogen and oxygen atoms in total. The molecule has 10 heteroatoms. The van der Waals surface area contributed by atoms with E-state index >= 15 is 0 Å². The maximum atomic E-state index is 13.4. The summed E-state index contributed by atoms with van der Waals surface area (Å²) in [5.41, 5.74) is 3.17. The Bertz CT molecular complexity index is 1580. The van der Waals surface area contributed by atoms with Gasteiger partial charge in [-0.25, -0.2) is 0 Å². The van der Waals surface area contributed by atoms with E-state index in [-0.39, 0.29) is 11.3 Å². The molecule has 1 unspecified atom stereocenters. The number of benzene rings is 3. The second-order valence-electron chi connectivity index (χ2n) is 9.06. The highest BCUT2D eigenvalue weighted by molar-refractivity contribution is 8.00. The Labute approximate surface area is 232 Å². The first-order valence-electron chi connectivity index (χ1n) is 12.3. The van der Waals surface area contributed by atoms with Crippen molar-refractivity contribution < 1.29 is 24.2 Å². The fraction of sp³-hybridized carbons (Fsp3) is 0.172. The van der Waals surface area contributed by atoms with Gasteiger partial charge in [-0.15, -0.1) is 10.2 Å². The second-order valence-corrected chi connectivity index (χ2v) is 11.2. The molecule has 4 aromatic rings. The molecule has 1 N–H and O–H groups in total. The van der Waals surface area contributed by atoms with Crippen LogP contribution in [0.1, 0.15) is 28.3 Å². The van der Waals surface area contributed by atoms with E-state index in [1.807, 2.05) is 61.5 Å². The normalized spacial score (nSPS) is 18.0. The molecular weight excluding hydrogens is 534 g/mol. The molecule has 1 fully saturated rings. The fourth-order valence-electron chi connectivity index (χ4n) is 4.52. The van der Waals surface area contributed by atoms with E-state index in [1.54, 1.807) is 18.2 Å². The lowest BCUT2D eigenvalue weighted by Gasteiger charge is -2.23. The topological polar surface area (TPSA) is 102 Å². The number of ether oxygens (including phenoxy) is 2. The smallest absolute Gasteiger partial charge is 0.301 e. The lowest BCUT2D eigenvalue weighted by Crippen LogP contribution is -2.29. The Morgan fingerprint density at radius 1 is 1.00 bits per heavy atom. The van der Waals surface area contributed by atoms with Crippen LogP contribution in [0.4, 0.5) is 5.13 Å². The molecule has 196 valence electrons. The molecule has 2 aliphatic heterocycles. The number of ketones is 1. The van der Waals surface area contributed by atoms with Gasteiger partial charge in [-0.05, 0) is 36.2 Å². The summed E-state index contributed by atoms with van der Waals surface area (Å²) in [5, 5.41) is 20.3. The minimum atomic E-state index is -0.876. The van der Waals surface area contributed by atoms with E-state index in [9.17, 15) is 14.7 Å². The van der Waals surface area contributed by atoms with Crippen LogP contribution in [0.15, 0.2) is 82.7 Å². The first-order valence-corrected chi connectivity index (χ1v) is 14.1. The number of rotatable bonds is 6. The lowest BCUT2D eigenvalue weighted by atomic mass is 9.94. The highest BCUT2D eigenvalue weighted by atomic mass is 32.2. The fourth-order valence-corrected chi connectivity index (χ4v) is 6.34. The minimum Gasteiger partial charge on any atom is -0.507 e. The van der Waals surface area contributed by atoms with Crippen LogP contribution in [-0.2, 0) is 15.3 Å². The summed E-state index contributed by atoms with van der Waals surface area (Å²) in [5.74, 6) is -0.128. The Hall–Kier alpha value is -4.15. The summed E-state index contributed by atoms with van der Waals surface area (Å²) < 4.78 is 11.9. The molecule has 3 heterocycles. The minimum absolute atomic E-state index is 0.0192. The van der Waals surface area contributed by atoms with Crippen molar-refractivity contribution in [2.45, 2.75) is 23.1 Å². The van der Waals surface area contributed by atoms with Gasteiger partial charge in [-0.1, -0.05) is 83.3 Å². The van der Waals surface area contributed by atoms with Gasteiger partial charge in [0.2, 0.25) is 5.13 Å². The van der Waals surface area contributed by atoms with Gasteiger partial charge in [0.05, 0.1) is 11.6 Å². The number of aliphatic hydroxyl groups excluding tert-OH is 1. The van der Waals surface area contributed by atoms with Crippen LogP contribution in [0.5, 0.6) is 11.5 Å². The average molecular weight is 558 g/mol. The molecule has 39 heavy (non-hydrogen) atoms. The van der Waals surface area contributed by atoms with Crippen molar-refractivity contribution in [2.24, 2.45) is 0 Å². The van der Waals surface area contributed by atoms with Gasteiger partial charge in [0.15, 0.2) is 15.8 Å². The van der Waals surface area contributed by atoms with Crippen molar-refractivity contribution in [3.05, 3.63) is 101 Å². The van der Waals surface area contributed by atoms with E-state index in [0.29, 0.717) is 51.1 Å². The highest BCUT2D eigenvalue weighted by Gasteiger charge is 2.48. The average Bonchev–Trinajstić information content (AvgIpc) is 3.54. The largest absolute Gasteiger partial charge is 0.507 e. The van der Waals surface area contributed by atoms with Crippen LogP contribution >= 0.6 is 23.1 Å². The van der Waals surface area contributed by atoms with Crippen LogP contribution < -0.4 is 14.4 Å². The van der Waals surface area contributed by atoms with E-state index in [2.05, 4.69) is 10.2 Å². The van der Waals surface area contributed by atoms with Crippen molar-refractivity contribution in [1.82, 2.24) is 10.2 Å². The summed E-state index contributed by atoms with van der Waals surface area (Å²) in [6.45, 7) is 2.77. The van der Waals surface area contributed by atoms with Crippen LogP contribution in [0.2, 0.25) is 0 Å². The molecule has 1 aromatic heterocycles. The van der Waals surface area contributed by atoms with Gasteiger partial charge in [0.1, 0.15) is 19.0 Å². The van der Waals surface area contributed by atoms with Gasteiger partial charge in [-0.2, -0.15) is 0 Å². The SMILES string of the molecule is Cc1ccc(C2/C(=C(\O)c3ccc4c(c3)OCCO4)C(=O)C(=O)N2c2nnc(SCc3ccccc3)s2)cc1. The first-order chi connectivity index (χ1) is 19.0. The first kappa shape index (κ1) is 25.1. The predicted octanol–water partition coefficient (Wildman–Crippen LogP) is 5.54. The molecule has 0 radical (unpaired) electrons. The molecule has 1 saturated heterocycles. The standard InChI is InChI=1S/C29H23N3O5S2/c1-17-7-9-19(10-8-17)24-23(25(33)20-11-12-21-22(15-20)37-14-13-36-21)26(34)27(35)32(24)28-30-31-29(39-28)38-16-18-5-3-2-4-6-18/h2-12,15,24,33H,13-14,16H2,1H3/b25-23+. The van der Waals surface area contributed by atoms with Gasteiger partial charge in [0.25, 0.3) is 5.78 Å². The molecular formula is C29H23N3O5S2. The number of nitrogens with zero attached hydrogens (tertiary/aromatic N) is 3. The van der Waals surface area contributed by atoms with Crippen LogP contribution in [0.25, 0.3) is 5.76 Å². The zero-order chi connectivity index (χ0) is 26.9. The number of fused-ring (bicyclic) bond motifs is 1. The number of thioether (sulfide) groups is 1. The zero-order valence-electron chi connectivity index (χ0n) is 20.9. The molecule has 0 saturated carbocycles. The summed E-state index contributed by atoms with van der Waals surface area (Å²) >= 11 is 2.74. The Balaban J connectivity index is 1.39. The van der Waals surface area contributed by atoms with E-state index in [4.69, 9.17) is 9.47 Å². The Kier molecular flexibility index (Phi) is 6.80. The predicted molar refractivity (Wildman–Crippen MR) is 149 cm³/mol. The molecule has 1 atom stereocenters. The van der Waals surface area contributed by atoms with Gasteiger partial charge < -0.3 is 14.6 Å². The maximum absolute atomic E-state index is 13.4. The quantitative estimate of drug-likeness (QED) is 0.108. The summed E-state index contributed by atoms with van der Waals surface area (Å²) in [6.07, 6.45) is 0. The van der Waals surface area contributed by atoms with Crippen LogP contribution in [0, 0.1) is 6.92 Å². The molecule has 6 rings (SSSR count). The molecule has 0 aliphatic carbocycles.